The maximum atomic E-state index is 7.45. The summed E-state index contributed by atoms with van der Waals surface area (Å²) in [5, 5.41) is 10.8. The first-order valence-corrected chi connectivity index (χ1v) is 10.1. The van der Waals surface area contributed by atoms with Crippen molar-refractivity contribution >= 4 is 11.7 Å². The lowest BCUT2D eigenvalue weighted by Crippen LogP contribution is -2.30. The van der Waals surface area contributed by atoms with E-state index in [0.717, 1.165) is 53.2 Å². The van der Waals surface area contributed by atoms with Crippen LogP contribution in [-0.4, -0.2) is 24.8 Å². The lowest BCUT2D eigenvalue weighted by molar-refractivity contribution is 0.742. The molecule has 0 saturated heterocycles. The van der Waals surface area contributed by atoms with Crippen molar-refractivity contribution in [3.8, 4) is 23.7 Å². The van der Waals surface area contributed by atoms with E-state index in [1.807, 2.05) is 48.5 Å². The van der Waals surface area contributed by atoms with Crippen molar-refractivity contribution in [1.29, 1.82) is 5.41 Å². The highest BCUT2D eigenvalue weighted by molar-refractivity contribution is 5.99. The standard InChI is InChI=1S/C27H22N4/c28-26(29)24-13-9-20(10-14-24)5-7-22-3-1-4-23(19-22)8-6-21-11-15-25(16-12-21)27-30-17-2-18-31-27/h1,3-4,9-16,19H,2,17-18H2,(H3,28,29)(H,30,31). The van der Waals surface area contributed by atoms with Crippen molar-refractivity contribution in [1.82, 2.24) is 5.32 Å². The molecule has 4 rings (SSSR count). The van der Waals surface area contributed by atoms with Gasteiger partial charge in [0.1, 0.15) is 11.7 Å². The van der Waals surface area contributed by atoms with E-state index >= 15 is 0 Å². The van der Waals surface area contributed by atoms with Gasteiger partial charge in [-0.15, -0.1) is 0 Å². The van der Waals surface area contributed by atoms with Crippen LogP contribution in [0.4, 0.5) is 0 Å². The number of aliphatic imine (C=N–C) groups is 1. The molecule has 150 valence electrons. The summed E-state index contributed by atoms with van der Waals surface area (Å²) in [6.45, 7) is 1.86. The van der Waals surface area contributed by atoms with Gasteiger partial charge in [0.05, 0.1) is 0 Å². The molecule has 0 atom stereocenters. The van der Waals surface area contributed by atoms with Crippen LogP contribution in [0.25, 0.3) is 0 Å². The lowest BCUT2D eigenvalue weighted by Gasteiger charge is -2.14. The van der Waals surface area contributed by atoms with Crippen molar-refractivity contribution in [2.75, 3.05) is 13.1 Å². The third kappa shape index (κ3) is 5.41. The Labute approximate surface area is 182 Å². The van der Waals surface area contributed by atoms with Gasteiger partial charge in [0, 0.05) is 46.5 Å². The molecule has 0 radical (unpaired) electrons. The van der Waals surface area contributed by atoms with E-state index < -0.39 is 0 Å². The van der Waals surface area contributed by atoms with Crippen molar-refractivity contribution in [2.24, 2.45) is 10.7 Å². The summed E-state index contributed by atoms with van der Waals surface area (Å²) in [6.07, 6.45) is 1.09. The number of nitrogens with zero attached hydrogens (tertiary/aromatic N) is 1. The molecule has 0 unspecified atom stereocenters. The normalized spacial score (nSPS) is 12.3. The highest BCUT2D eigenvalue weighted by atomic mass is 15.0. The van der Waals surface area contributed by atoms with Crippen LogP contribution in [0.3, 0.4) is 0 Å². The Balaban J connectivity index is 1.47. The summed E-state index contributed by atoms with van der Waals surface area (Å²) in [6, 6.07) is 23.4. The smallest absolute Gasteiger partial charge is 0.128 e. The van der Waals surface area contributed by atoms with Crippen molar-refractivity contribution in [3.05, 3.63) is 106 Å². The number of nitrogen functional groups attached to an aromatic ring is 1. The van der Waals surface area contributed by atoms with Crippen LogP contribution in [0.2, 0.25) is 0 Å². The van der Waals surface area contributed by atoms with E-state index in [2.05, 4.69) is 46.1 Å². The van der Waals surface area contributed by atoms with Gasteiger partial charge < -0.3 is 11.1 Å². The second kappa shape index (κ2) is 9.48. The van der Waals surface area contributed by atoms with Crippen molar-refractivity contribution in [2.45, 2.75) is 6.42 Å². The molecule has 4 heteroatoms. The molecular weight excluding hydrogens is 380 g/mol. The Morgan fingerprint density at radius 3 is 1.94 bits per heavy atom. The quantitative estimate of drug-likeness (QED) is 0.349. The fourth-order valence-electron chi connectivity index (χ4n) is 3.13. The largest absolute Gasteiger partial charge is 0.384 e. The van der Waals surface area contributed by atoms with Crippen LogP contribution in [-0.2, 0) is 0 Å². The zero-order valence-corrected chi connectivity index (χ0v) is 17.1. The van der Waals surface area contributed by atoms with Crippen molar-refractivity contribution < 1.29 is 0 Å². The Kier molecular flexibility index (Phi) is 6.12. The van der Waals surface area contributed by atoms with Gasteiger partial charge >= 0.3 is 0 Å². The summed E-state index contributed by atoms with van der Waals surface area (Å²) in [4.78, 5) is 4.53. The average Bonchev–Trinajstić information content (AvgIpc) is 2.83. The van der Waals surface area contributed by atoms with Crippen LogP contribution < -0.4 is 11.1 Å². The minimum absolute atomic E-state index is 0.0554. The maximum Gasteiger partial charge on any atom is 0.128 e. The molecule has 0 bridgehead atoms. The molecule has 0 amide bonds. The minimum Gasteiger partial charge on any atom is -0.384 e. The topological polar surface area (TPSA) is 74.3 Å². The third-order valence-electron chi connectivity index (χ3n) is 4.82. The van der Waals surface area contributed by atoms with E-state index in [9.17, 15) is 0 Å². The molecule has 0 aromatic heterocycles. The van der Waals surface area contributed by atoms with Crippen LogP contribution in [0.15, 0.2) is 77.8 Å². The number of nitrogens with two attached hydrogens (primary N) is 1. The number of nitrogens with one attached hydrogen (secondary N) is 2. The second-order valence-electron chi connectivity index (χ2n) is 7.16. The molecule has 31 heavy (non-hydrogen) atoms. The number of amidine groups is 2. The number of hydrogen-bond acceptors (Lipinski definition) is 3. The zero-order chi connectivity index (χ0) is 21.5. The molecule has 1 heterocycles. The molecule has 3 aromatic carbocycles. The van der Waals surface area contributed by atoms with Gasteiger partial charge in [0.15, 0.2) is 0 Å². The maximum absolute atomic E-state index is 7.45. The molecule has 0 saturated carbocycles. The van der Waals surface area contributed by atoms with E-state index in [4.69, 9.17) is 11.1 Å². The van der Waals surface area contributed by atoms with E-state index in [1.54, 1.807) is 12.1 Å². The SMILES string of the molecule is N=C(N)c1ccc(C#Cc2cccc(C#Cc3ccc(C4=NCCCN4)cc3)c2)cc1. The zero-order valence-electron chi connectivity index (χ0n) is 17.1. The first kappa shape index (κ1) is 20.0. The van der Waals surface area contributed by atoms with Gasteiger partial charge in [-0.2, -0.15) is 0 Å². The fraction of sp³-hybridized carbons (Fsp3) is 0.111. The molecule has 1 aliphatic rings. The predicted molar refractivity (Wildman–Crippen MR) is 126 cm³/mol. The highest BCUT2D eigenvalue weighted by Crippen LogP contribution is 2.08. The highest BCUT2D eigenvalue weighted by Gasteiger charge is 2.06. The summed E-state index contributed by atoms with van der Waals surface area (Å²) >= 11 is 0. The van der Waals surface area contributed by atoms with Crippen LogP contribution >= 0.6 is 0 Å². The van der Waals surface area contributed by atoms with E-state index in [-0.39, 0.29) is 5.84 Å². The summed E-state index contributed by atoms with van der Waals surface area (Å²) in [5.41, 5.74) is 10.9. The Hall–Kier alpha value is -4.28. The molecule has 0 spiro atoms. The van der Waals surface area contributed by atoms with Crippen LogP contribution in [0.5, 0.6) is 0 Å². The van der Waals surface area contributed by atoms with Gasteiger partial charge in [0.25, 0.3) is 0 Å². The van der Waals surface area contributed by atoms with Crippen LogP contribution in [0.1, 0.15) is 39.8 Å². The number of rotatable bonds is 2. The van der Waals surface area contributed by atoms with Gasteiger partial charge in [0.2, 0.25) is 0 Å². The van der Waals surface area contributed by atoms with Gasteiger partial charge in [-0.1, -0.05) is 54.0 Å². The number of hydrogen-bond donors (Lipinski definition) is 3. The molecule has 0 fully saturated rings. The molecule has 3 aromatic rings. The summed E-state index contributed by atoms with van der Waals surface area (Å²) in [5.74, 6) is 13.8. The molecular formula is C27H22N4. The Morgan fingerprint density at radius 1 is 0.806 bits per heavy atom. The number of benzene rings is 3. The monoisotopic (exact) mass is 402 g/mol. The summed E-state index contributed by atoms with van der Waals surface area (Å²) in [7, 11) is 0. The van der Waals surface area contributed by atoms with Gasteiger partial charge in [-0.05, 0) is 48.9 Å². The fourth-order valence-corrected chi connectivity index (χ4v) is 3.13. The Morgan fingerprint density at radius 2 is 1.39 bits per heavy atom. The summed E-state index contributed by atoms with van der Waals surface area (Å²) < 4.78 is 0. The molecule has 1 aliphatic heterocycles. The van der Waals surface area contributed by atoms with E-state index in [1.165, 1.54) is 0 Å². The average molecular weight is 403 g/mol. The first-order valence-electron chi connectivity index (χ1n) is 10.1. The second-order valence-corrected chi connectivity index (χ2v) is 7.16. The van der Waals surface area contributed by atoms with Crippen molar-refractivity contribution in [3.63, 3.8) is 0 Å². The van der Waals surface area contributed by atoms with Gasteiger partial charge in [-0.3, -0.25) is 10.4 Å². The molecule has 0 aliphatic carbocycles. The van der Waals surface area contributed by atoms with Crippen LogP contribution in [0, 0.1) is 29.1 Å². The minimum atomic E-state index is 0.0554. The molecule has 4 N–H and O–H groups in total. The van der Waals surface area contributed by atoms with E-state index in [0.29, 0.717) is 5.56 Å². The molecule has 4 nitrogen and oxygen atoms in total. The first-order chi connectivity index (χ1) is 15.2. The van der Waals surface area contributed by atoms with Gasteiger partial charge in [-0.25, -0.2) is 0 Å². The third-order valence-corrected chi connectivity index (χ3v) is 4.82. The Bertz CT molecular complexity index is 1240. The lowest BCUT2D eigenvalue weighted by atomic mass is 10.1. The predicted octanol–water partition coefficient (Wildman–Crippen LogP) is 3.51.